The highest BCUT2D eigenvalue weighted by Gasteiger charge is 2.62. The van der Waals surface area contributed by atoms with E-state index in [2.05, 4.69) is 13.8 Å². The van der Waals surface area contributed by atoms with Gasteiger partial charge in [0.15, 0.2) is 0 Å². The lowest BCUT2D eigenvalue weighted by Gasteiger charge is -2.64. The molecule has 0 radical (unpaired) electrons. The van der Waals surface area contributed by atoms with Gasteiger partial charge in [-0.3, -0.25) is 0 Å². The predicted octanol–water partition coefficient (Wildman–Crippen LogP) is 3.48. The minimum Gasteiger partial charge on any atom is -0.389 e. The lowest BCUT2D eigenvalue weighted by Crippen LogP contribution is -2.64. The van der Waals surface area contributed by atoms with E-state index < -0.39 is 18.6 Å². The molecule has 0 aromatic heterocycles. The highest BCUT2D eigenvalue weighted by Crippen LogP contribution is 2.65. The molecule has 4 fully saturated rings. The summed E-state index contributed by atoms with van der Waals surface area (Å²) in [5, 5.41) is 11.1. The van der Waals surface area contributed by atoms with Crippen molar-refractivity contribution < 1.29 is 18.6 Å². The molecule has 4 aliphatic rings. The molecule has 4 rings (SSSR count). The second-order valence-electron chi connectivity index (χ2n) is 7.79. The maximum Gasteiger partial charge on any atom is 0.261 e. The zero-order valence-corrected chi connectivity index (χ0v) is 12.4. The molecule has 0 amide bonds. The molecule has 2 atom stereocenters. The molecule has 0 spiro atoms. The van der Waals surface area contributed by atoms with Crippen LogP contribution >= 0.6 is 0 Å². The standard InChI is InChI=1S/C16H26F2O2/c1-10(2)16(19)12-3-11-4-13(16)7-15(5-11,6-12)9-20-8-14(17)18/h10-14,19H,3-9H2,1-2H3. The van der Waals surface area contributed by atoms with Crippen molar-refractivity contribution in [3.63, 3.8) is 0 Å². The van der Waals surface area contributed by atoms with Crippen molar-refractivity contribution in [1.82, 2.24) is 0 Å². The minimum atomic E-state index is -2.38. The van der Waals surface area contributed by atoms with Crippen LogP contribution in [0.15, 0.2) is 0 Å². The summed E-state index contributed by atoms with van der Waals surface area (Å²) in [7, 11) is 0. The predicted molar refractivity (Wildman–Crippen MR) is 72.6 cm³/mol. The van der Waals surface area contributed by atoms with Crippen LogP contribution < -0.4 is 0 Å². The Balaban J connectivity index is 1.73. The lowest BCUT2D eigenvalue weighted by molar-refractivity contribution is -0.231. The van der Waals surface area contributed by atoms with Crippen molar-refractivity contribution in [2.24, 2.45) is 29.1 Å². The van der Waals surface area contributed by atoms with Crippen molar-refractivity contribution in [3.05, 3.63) is 0 Å². The van der Waals surface area contributed by atoms with Gasteiger partial charge in [-0.1, -0.05) is 13.8 Å². The lowest BCUT2D eigenvalue weighted by atomic mass is 9.43. The summed E-state index contributed by atoms with van der Waals surface area (Å²) >= 11 is 0. The first-order valence-corrected chi connectivity index (χ1v) is 7.94. The van der Waals surface area contributed by atoms with Crippen molar-refractivity contribution in [2.45, 2.75) is 58.0 Å². The first-order chi connectivity index (χ1) is 9.36. The van der Waals surface area contributed by atoms with Crippen LogP contribution in [0.4, 0.5) is 8.78 Å². The maximum absolute atomic E-state index is 12.3. The van der Waals surface area contributed by atoms with E-state index in [0.717, 1.165) is 32.1 Å². The summed E-state index contributed by atoms with van der Waals surface area (Å²) in [5.41, 5.74) is -0.477. The summed E-state index contributed by atoms with van der Waals surface area (Å²) in [6, 6.07) is 0. The van der Waals surface area contributed by atoms with Crippen molar-refractivity contribution in [2.75, 3.05) is 13.2 Å². The van der Waals surface area contributed by atoms with Gasteiger partial charge in [0.25, 0.3) is 6.43 Å². The third-order valence-corrected chi connectivity index (χ3v) is 6.20. The Morgan fingerprint density at radius 2 is 1.75 bits per heavy atom. The van der Waals surface area contributed by atoms with Crippen LogP contribution in [-0.4, -0.2) is 30.3 Å². The fourth-order valence-corrected chi connectivity index (χ4v) is 5.66. The van der Waals surface area contributed by atoms with Gasteiger partial charge in [-0.15, -0.1) is 0 Å². The number of rotatable bonds is 5. The van der Waals surface area contributed by atoms with E-state index in [9.17, 15) is 13.9 Å². The molecule has 2 unspecified atom stereocenters. The molecule has 0 heterocycles. The fourth-order valence-electron chi connectivity index (χ4n) is 5.66. The quantitative estimate of drug-likeness (QED) is 0.839. The summed E-state index contributed by atoms with van der Waals surface area (Å²) < 4.78 is 29.8. The molecule has 0 aliphatic heterocycles. The smallest absolute Gasteiger partial charge is 0.261 e. The van der Waals surface area contributed by atoms with Crippen LogP contribution in [-0.2, 0) is 4.74 Å². The van der Waals surface area contributed by atoms with Gasteiger partial charge in [0.2, 0.25) is 0 Å². The van der Waals surface area contributed by atoms with Crippen LogP contribution in [0.25, 0.3) is 0 Å². The third kappa shape index (κ3) is 2.19. The van der Waals surface area contributed by atoms with Crippen LogP contribution in [0.1, 0.15) is 46.0 Å². The molecular weight excluding hydrogens is 262 g/mol. The van der Waals surface area contributed by atoms with Gasteiger partial charge in [0.1, 0.15) is 6.61 Å². The molecule has 4 bridgehead atoms. The number of halogens is 2. The highest BCUT2D eigenvalue weighted by molar-refractivity contribution is 5.12. The van der Waals surface area contributed by atoms with Crippen molar-refractivity contribution >= 4 is 0 Å². The largest absolute Gasteiger partial charge is 0.389 e. The number of hydrogen-bond acceptors (Lipinski definition) is 2. The Kier molecular flexibility index (Phi) is 3.61. The van der Waals surface area contributed by atoms with Crippen LogP contribution in [0.2, 0.25) is 0 Å². The Morgan fingerprint density at radius 3 is 2.25 bits per heavy atom. The van der Waals surface area contributed by atoms with Gasteiger partial charge in [0.05, 0.1) is 12.2 Å². The molecule has 116 valence electrons. The maximum atomic E-state index is 12.3. The first-order valence-electron chi connectivity index (χ1n) is 7.94. The SMILES string of the molecule is CC(C)C1(O)C2CC3CC1CC(COCC(F)F)(C3)C2. The minimum absolute atomic E-state index is 0.0620. The van der Waals surface area contributed by atoms with Crippen molar-refractivity contribution in [1.29, 1.82) is 0 Å². The summed E-state index contributed by atoms with van der Waals surface area (Å²) in [5.74, 6) is 1.62. The molecule has 2 nitrogen and oxygen atoms in total. The average molecular weight is 288 g/mol. The van der Waals surface area contributed by atoms with Crippen LogP contribution in [0.5, 0.6) is 0 Å². The van der Waals surface area contributed by atoms with E-state index >= 15 is 0 Å². The molecule has 4 saturated carbocycles. The van der Waals surface area contributed by atoms with Gasteiger partial charge in [-0.05, 0) is 61.2 Å². The summed E-state index contributed by atoms with van der Waals surface area (Å²) in [6.07, 6.45) is 2.87. The number of ether oxygens (including phenoxy) is 1. The number of aliphatic hydroxyl groups is 1. The Bertz CT molecular complexity index is 353. The first kappa shape index (κ1) is 14.7. The Hall–Kier alpha value is -0.220. The molecule has 20 heavy (non-hydrogen) atoms. The van der Waals surface area contributed by atoms with Gasteiger partial charge >= 0.3 is 0 Å². The van der Waals surface area contributed by atoms with E-state index in [1.807, 2.05) is 0 Å². The van der Waals surface area contributed by atoms with E-state index in [4.69, 9.17) is 4.74 Å². The summed E-state index contributed by atoms with van der Waals surface area (Å²) in [6.45, 7) is 4.23. The molecule has 4 aliphatic carbocycles. The molecular formula is C16H26F2O2. The monoisotopic (exact) mass is 288 g/mol. The Morgan fingerprint density at radius 1 is 1.15 bits per heavy atom. The summed E-state index contributed by atoms with van der Waals surface area (Å²) in [4.78, 5) is 0. The second kappa shape index (κ2) is 4.91. The number of hydrogen-bond donors (Lipinski definition) is 1. The molecule has 0 aromatic carbocycles. The average Bonchev–Trinajstić information content (AvgIpc) is 2.33. The van der Waals surface area contributed by atoms with E-state index in [0.29, 0.717) is 24.4 Å². The van der Waals surface area contributed by atoms with E-state index in [1.165, 1.54) is 0 Å². The molecule has 0 saturated heterocycles. The Labute approximate surface area is 119 Å². The van der Waals surface area contributed by atoms with Gasteiger partial charge in [-0.2, -0.15) is 0 Å². The van der Waals surface area contributed by atoms with Crippen LogP contribution in [0.3, 0.4) is 0 Å². The molecule has 4 heteroatoms. The zero-order chi connectivity index (χ0) is 14.5. The third-order valence-electron chi connectivity index (χ3n) is 6.20. The molecule has 0 aromatic rings. The van der Waals surface area contributed by atoms with E-state index in [-0.39, 0.29) is 11.3 Å². The number of alkyl halides is 2. The highest BCUT2D eigenvalue weighted by atomic mass is 19.3. The van der Waals surface area contributed by atoms with E-state index in [1.54, 1.807) is 0 Å². The fraction of sp³-hybridized carbons (Fsp3) is 1.00. The van der Waals surface area contributed by atoms with Crippen LogP contribution in [0, 0.1) is 29.1 Å². The van der Waals surface area contributed by atoms with Gasteiger partial charge in [0, 0.05) is 0 Å². The van der Waals surface area contributed by atoms with Crippen molar-refractivity contribution in [3.8, 4) is 0 Å². The normalized spacial score (nSPS) is 46.6. The zero-order valence-electron chi connectivity index (χ0n) is 12.4. The van der Waals surface area contributed by atoms with Gasteiger partial charge < -0.3 is 9.84 Å². The molecule has 1 N–H and O–H groups in total. The van der Waals surface area contributed by atoms with Gasteiger partial charge in [-0.25, -0.2) is 8.78 Å². The topological polar surface area (TPSA) is 29.5 Å². The second-order valence-corrected chi connectivity index (χ2v) is 7.79.